The molecule has 0 aliphatic heterocycles. The number of hydrogen-bond donors (Lipinski definition) is 3. The van der Waals surface area contributed by atoms with Crippen LogP contribution in [0.25, 0.3) is 26.7 Å². The largest absolute Gasteiger partial charge is 0.480 e. The molecule has 3 N–H and O–H groups in total. The number of carbonyl (C=O) groups is 2. The first-order valence-corrected chi connectivity index (χ1v) is 13.6. The van der Waals surface area contributed by atoms with Crippen LogP contribution in [0.3, 0.4) is 0 Å². The predicted molar refractivity (Wildman–Crippen MR) is 136 cm³/mol. The lowest BCUT2D eigenvalue weighted by Crippen LogP contribution is -2.43. The van der Waals surface area contributed by atoms with Crippen molar-refractivity contribution < 1.29 is 28.2 Å². The zero-order valence-electron chi connectivity index (χ0n) is 18.8. The van der Waals surface area contributed by atoms with Gasteiger partial charge >= 0.3 is 5.97 Å². The predicted octanol–water partition coefficient (Wildman–Crippen LogP) is 3.50. The molecule has 2 aromatic carbocycles. The van der Waals surface area contributed by atoms with Gasteiger partial charge in [-0.25, -0.2) is 17.9 Å². The average Bonchev–Trinajstić information content (AvgIpc) is 3.50. The maximum atomic E-state index is 12.7. The lowest BCUT2D eigenvalue weighted by molar-refractivity contribution is -0.140. The smallest absolute Gasteiger partial charge is 0.328 e. The number of aliphatic hydroxyl groups excluding tert-OH is 1. The number of aliphatic hydroxyl groups is 1. The van der Waals surface area contributed by atoms with E-state index in [9.17, 15) is 23.1 Å². The third-order valence-corrected chi connectivity index (χ3v) is 7.80. The summed E-state index contributed by atoms with van der Waals surface area (Å²) in [5.41, 5.74) is 1.65. The molecular formula is C24H20ClN3O6S2. The Morgan fingerprint density at radius 2 is 1.81 bits per heavy atom. The summed E-state index contributed by atoms with van der Waals surface area (Å²) in [4.78, 5) is 25.7. The Morgan fingerprint density at radius 3 is 2.47 bits per heavy atom. The molecule has 0 aliphatic carbocycles. The van der Waals surface area contributed by atoms with Crippen LogP contribution in [0, 0.1) is 0 Å². The van der Waals surface area contributed by atoms with Gasteiger partial charge in [0.2, 0.25) is 0 Å². The van der Waals surface area contributed by atoms with Crippen LogP contribution >= 0.6 is 22.9 Å². The Labute approximate surface area is 215 Å². The molecule has 0 spiro atoms. The molecule has 1 atom stereocenters. The highest BCUT2D eigenvalue weighted by atomic mass is 35.5. The van der Waals surface area contributed by atoms with E-state index >= 15 is 0 Å². The summed E-state index contributed by atoms with van der Waals surface area (Å²) >= 11 is 7.75. The first kappa shape index (κ1) is 25.6. The molecular weight excluding hydrogens is 526 g/mol. The molecule has 0 fully saturated rings. The number of amides is 1. The van der Waals surface area contributed by atoms with E-state index in [1.807, 2.05) is 12.1 Å². The van der Waals surface area contributed by atoms with Crippen molar-refractivity contribution >= 4 is 44.7 Å². The van der Waals surface area contributed by atoms with E-state index in [4.69, 9.17) is 16.7 Å². The summed E-state index contributed by atoms with van der Waals surface area (Å²) in [6.07, 6.45) is 1.15. The fourth-order valence-corrected chi connectivity index (χ4v) is 5.29. The molecule has 9 nitrogen and oxygen atoms in total. The molecule has 2 heterocycles. The Bertz CT molecular complexity index is 1560. The minimum Gasteiger partial charge on any atom is -0.480 e. The third-order valence-electron chi connectivity index (χ3n) is 5.21. The number of nitrogens with one attached hydrogen (secondary N) is 1. The number of carboxylic acids is 1. The normalized spacial score (nSPS) is 12.3. The van der Waals surface area contributed by atoms with E-state index in [2.05, 4.69) is 10.4 Å². The lowest BCUT2D eigenvalue weighted by Gasteiger charge is -2.10. The van der Waals surface area contributed by atoms with E-state index in [1.54, 1.807) is 42.5 Å². The number of benzene rings is 2. The zero-order chi connectivity index (χ0) is 26.0. The van der Waals surface area contributed by atoms with Crippen LogP contribution in [0.2, 0.25) is 5.02 Å². The molecule has 0 unspecified atom stereocenters. The first-order valence-electron chi connectivity index (χ1n) is 10.5. The van der Waals surface area contributed by atoms with Gasteiger partial charge in [-0.05, 0) is 48.0 Å². The minimum atomic E-state index is -3.38. The van der Waals surface area contributed by atoms with Crippen molar-refractivity contribution in [3.05, 3.63) is 77.4 Å². The number of nitrogens with zero attached hydrogens (tertiary/aromatic N) is 2. The van der Waals surface area contributed by atoms with Gasteiger partial charge in [0.25, 0.3) is 5.91 Å². The van der Waals surface area contributed by atoms with Crippen LogP contribution in [-0.4, -0.2) is 59.2 Å². The van der Waals surface area contributed by atoms with E-state index in [0.717, 1.165) is 11.1 Å². The number of para-hydroxylation sites is 1. The van der Waals surface area contributed by atoms with Crippen molar-refractivity contribution in [3.63, 3.8) is 0 Å². The second-order valence-electron chi connectivity index (χ2n) is 7.79. The van der Waals surface area contributed by atoms with Gasteiger partial charge in [-0.15, -0.1) is 11.3 Å². The van der Waals surface area contributed by atoms with Crippen LogP contribution in [0.15, 0.2) is 71.6 Å². The van der Waals surface area contributed by atoms with Gasteiger partial charge in [-0.3, -0.25) is 4.79 Å². The van der Waals surface area contributed by atoms with Crippen molar-refractivity contribution in [2.75, 3.05) is 12.9 Å². The molecule has 0 radical (unpaired) electrons. The number of carbonyl (C=O) groups excluding carboxylic acids is 1. The van der Waals surface area contributed by atoms with E-state index < -0.39 is 34.4 Å². The lowest BCUT2D eigenvalue weighted by atomic mass is 10.2. The van der Waals surface area contributed by atoms with Gasteiger partial charge in [0.15, 0.2) is 21.6 Å². The van der Waals surface area contributed by atoms with E-state index in [0.29, 0.717) is 26.8 Å². The van der Waals surface area contributed by atoms with E-state index in [1.165, 1.54) is 28.2 Å². The SMILES string of the molecule is CS(=O)(=O)c1cccc(-c2ccc(-c3cc(C(=O)N[C@H](CO)C(=O)O)nn3-c3ccccc3Cl)s2)c1. The fraction of sp³-hybridized carbons (Fsp3) is 0.125. The summed E-state index contributed by atoms with van der Waals surface area (Å²) < 4.78 is 25.4. The van der Waals surface area contributed by atoms with Crippen LogP contribution in [0.5, 0.6) is 0 Å². The maximum Gasteiger partial charge on any atom is 0.328 e. The molecule has 1 amide bonds. The highest BCUT2D eigenvalue weighted by molar-refractivity contribution is 7.90. The van der Waals surface area contributed by atoms with Gasteiger partial charge in [0.1, 0.15) is 0 Å². The van der Waals surface area contributed by atoms with Crippen LogP contribution in [0.1, 0.15) is 10.5 Å². The van der Waals surface area contributed by atoms with Crippen LogP contribution in [-0.2, 0) is 14.6 Å². The third kappa shape index (κ3) is 5.34. The molecule has 12 heteroatoms. The average molecular weight is 546 g/mol. The summed E-state index contributed by atoms with van der Waals surface area (Å²) in [6, 6.07) is 17.1. The van der Waals surface area contributed by atoms with Crippen molar-refractivity contribution in [2.24, 2.45) is 0 Å². The monoisotopic (exact) mass is 545 g/mol. The number of thiophene rings is 1. The number of aliphatic carboxylic acids is 1. The molecule has 186 valence electrons. The number of halogens is 1. The molecule has 0 aliphatic rings. The first-order chi connectivity index (χ1) is 17.1. The van der Waals surface area contributed by atoms with E-state index in [-0.39, 0.29) is 10.6 Å². The summed E-state index contributed by atoms with van der Waals surface area (Å²) in [7, 11) is -3.38. The molecule has 36 heavy (non-hydrogen) atoms. The molecule has 4 aromatic rings. The quantitative estimate of drug-likeness (QED) is 0.308. The Kier molecular flexibility index (Phi) is 7.27. The highest BCUT2D eigenvalue weighted by Crippen LogP contribution is 2.37. The Morgan fingerprint density at radius 1 is 1.08 bits per heavy atom. The van der Waals surface area contributed by atoms with Gasteiger partial charge < -0.3 is 15.5 Å². The van der Waals surface area contributed by atoms with Crippen LogP contribution < -0.4 is 5.32 Å². The molecule has 2 aromatic heterocycles. The Balaban J connectivity index is 1.79. The molecule has 4 rings (SSSR count). The van der Waals surface area contributed by atoms with Crippen molar-refractivity contribution in [1.82, 2.24) is 15.1 Å². The number of sulfone groups is 1. The minimum absolute atomic E-state index is 0.0707. The van der Waals surface area contributed by atoms with Crippen molar-refractivity contribution in [3.8, 4) is 26.7 Å². The second-order valence-corrected chi connectivity index (χ2v) is 11.3. The van der Waals surface area contributed by atoms with Gasteiger partial charge in [-0.2, -0.15) is 5.10 Å². The number of hydrogen-bond acceptors (Lipinski definition) is 7. The van der Waals surface area contributed by atoms with Gasteiger partial charge in [0, 0.05) is 11.1 Å². The van der Waals surface area contributed by atoms with Gasteiger partial charge in [-0.1, -0.05) is 35.9 Å². The highest BCUT2D eigenvalue weighted by Gasteiger charge is 2.24. The topological polar surface area (TPSA) is 139 Å². The number of aromatic nitrogens is 2. The van der Waals surface area contributed by atoms with Crippen LogP contribution in [0.4, 0.5) is 0 Å². The second kappa shape index (κ2) is 10.2. The fourth-order valence-electron chi connectivity index (χ4n) is 3.40. The summed E-state index contributed by atoms with van der Waals surface area (Å²) in [5.74, 6) is -2.16. The molecule has 0 bridgehead atoms. The maximum absolute atomic E-state index is 12.7. The number of rotatable bonds is 8. The Hall–Kier alpha value is -3.51. The summed E-state index contributed by atoms with van der Waals surface area (Å²) in [6.45, 7) is -0.778. The molecule has 0 saturated heterocycles. The summed E-state index contributed by atoms with van der Waals surface area (Å²) in [5, 5.41) is 25.4. The standard InChI is InChI=1S/C24H20ClN3O6S2/c1-36(33,34)15-6-4-5-14(11-15)21-9-10-22(35-21)20-12-17(23(30)26-18(13-29)24(31)32)27-28(20)19-8-3-2-7-16(19)25/h2-12,18,29H,13H2,1H3,(H,26,30)(H,31,32)/t18-/m1/s1. The van der Waals surface area contributed by atoms with Crippen molar-refractivity contribution in [1.29, 1.82) is 0 Å². The molecule has 0 saturated carbocycles. The van der Waals surface area contributed by atoms with Crippen molar-refractivity contribution in [2.45, 2.75) is 10.9 Å². The zero-order valence-corrected chi connectivity index (χ0v) is 21.1. The van der Waals surface area contributed by atoms with Gasteiger partial charge in [0.05, 0.1) is 32.8 Å². The number of carboxylic acid groups (broad SMARTS) is 1.